The van der Waals surface area contributed by atoms with Gasteiger partial charge < -0.3 is 10.3 Å². The Labute approximate surface area is 117 Å². The van der Waals surface area contributed by atoms with E-state index in [4.69, 9.17) is 5.84 Å². The highest BCUT2D eigenvalue weighted by Gasteiger charge is 2.19. The second-order valence-corrected chi connectivity index (χ2v) is 4.83. The second-order valence-electron chi connectivity index (χ2n) is 4.83. The number of hydrogen-bond donors (Lipinski definition) is 2. The number of nitro benzene ring substituents is 1. The monoisotopic (exact) mass is 280 g/mol. The molecule has 1 aromatic carbocycles. The van der Waals surface area contributed by atoms with Gasteiger partial charge >= 0.3 is 0 Å². The molecule has 1 amide bonds. The zero-order chi connectivity index (χ0) is 15.3. The van der Waals surface area contributed by atoms with Gasteiger partial charge in [0.2, 0.25) is 0 Å². The summed E-state index contributed by atoms with van der Waals surface area (Å²) < 4.78 is 0. The second kappa shape index (κ2) is 6.85. The molecule has 110 valence electrons. The predicted molar refractivity (Wildman–Crippen MR) is 77.3 cm³/mol. The number of carbonyl (C=O) groups excluding carboxylic acids is 1. The molecule has 1 atom stereocenters. The number of nitrogens with one attached hydrogen (secondary N) is 1. The molecule has 1 rings (SSSR count). The fourth-order valence-corrected chi connectivity index (χ4v) is 1.84. The quantitative estimate of drug-likeness (QED) is 0.471. The number of nitrogens with zero attached hydrogens (tertiary/aromatic N) is 2. The molecule has 0 aliphatic carbocycles. The fourth-order valence-electron chi connectivity index (χ4n) is 1.84. The van der Waals surface area contributed by atoms with Crippen LogP contribution in [0.3, 0.4) is 0 Å². The first kappa shape index (κ1) is 15.9. The first-order valence-corrected chi connectivity index (χ1v) is 6.41. The number of benzene rings is 1. The average molecular weight is 280 g/mol. The lowest BCUT2D eigenvalue weighted by molar-refractivity contribution is -0.384. The maximum absolute atomic E-state index is 12.2. The average Bonchev–Trinajstić information content (AvgIpc) is 2.45. The van der Waals surface area contributed by atoms with Crippen LogP contribution in [0.25, 0.3) is 0 Å². The van der Waals surface area contributed by atoms with Crippen molar-refractivity contribution in [3.8, 4) is 0 Å². The van der Waals surface area contributed by atoms with E-state index in [0.717, 1.165) is 6.42 Å². The summed E-state index contributed by atoms with van der Waals surface area (Å²) in [4.78, 5) is 24.2. The number of hydrazine groups is 1. The normalized spacial score (nSPS) is 11.8. The molecule has 0 bridgehead atoms. The Bertz CT molecular complexity index is 504. The number of anilines is 1. The minimum Gasteiger partial charge on any atom is -0.341 e. The molecule has 0 radical (unpaired) electrons. The van der Waals surface area contributed by atoms with Crippen molar-refractivity contribution in [2.24, 2.45) is 11.8 Å². The standard InChI is InChI=1S/C13H20N4O3/c1-4-9(2)8-16(3)13(18)10-5-6-11(15-14)12(7-10)17(19)20/h5-7,9,15H,4,8,14H2,1-3H3. The molecule has 0 saturated carbocycles. The Morgan fingerprint density at radius 2 is 2.20 bits per heavy atom. The first-order chi connectivity index (χ1) is 9.40. The third kappa shape index (κ3) is 3.67. The summed E-state index contributed by atoms with van der Waals surface area (Å²) in [5, 5.41) is 10.9. The van der Waals surface area contributed by atoms with E-state index in [1.807, 2.05) is 6.92 Å². The van der Waals surface area contributed by atoms with Crippen molar-refractivity contribution < 1.29 is 9.72 Å². The minimum absolute atomic E-state index is 0.177. The molecule has 1 aromatic rings. The van der Waals surface area contributed by atoms with Crippen LogP contribution in [0.5, 0.6) is 0 Å². The highest BCUT2D eigenvalue weighted by atomic mass is 16.6. The zero-order valence-electron chi connectivity index (χ0n) is 11.9. The molecule has 0 heterocycles. The highest BCUT2D eigenvalue weighted by molar-refractivity contribution is 5.95. The van der Waals surface area contributed by atoms with E-state index in [1.54, 1.807) is 11.9 Å². The molecule has 0 spiro atoms. The van der Waals surface area contributed by atoms with Gasteiger partial charge in [0.05, 0.1) is 4.92 Å². The van der Waals surface area contributed by atoms with Crippen LogP contribution < -0.4 is 11.3 Å². The fraction of sp³-hybridized carbons (Fsp3) is 0.462. The molecule has 20 heavy (non-hydrogen) atoms. The number of hydrogen-bond acceptors (Lipinski definition) is 5. The van der Waals surface area contributed by atoms with E-state index in [2.05, 4.69) is 12.3 Å². The van der Waals surface area contributed by atoms with Crippen LogP contribution in [0.2, 0.25) is 0 Å². The molecular formula is C13H20N4O3. The van der Waals surface area contributed by atoms with Gasteiger partial charge in [-0.1, -0.05) is 20.3 Å². The SMILES string of the molecule is CCC(C)CN(C)C(=O)c1ccc(NN)c([N+](=O)[O-])c1. The van der Waals surface area contributed by atoms with Crippen LogP contribution in [0.15, 0.2) is 18.2 Å². The number of nitrogens with two attached hydrogens (primary N) is 1. The first-order valence-electron chi connectivity index (χ1n) is 6.41. The van der Waals surface area contributed by atoms with Crippen molar-refractivity contribution in [3.63, 3.8) is 0 Å². The summed E-state index contributed by atoms with van der Waals surface area (Å²) in [6.07, 6.45) is 0.966. The van der Waals surface area contributed by atoms with Gasteiger partial charge in [-0.2, -0.15) is 0 Å². The van der Waals surface area contributed by atoms with Crippen molar-refractivity contribution in [2.45, 2.75) is 20.3 Å². The molecule has 0 aliphatic heterocycles. The van der Waals surface area contributed by atoms with Gasteiger partial charge in [-0.3, -0.25) is 20.8 Å². The van der Waals surface area contributed by atoms with Crippen LogP contribution in [-0.4, -0.2) is 29.3 Å². The molecule has 0 aliphatic rings. The van der Waals surface area contributed by atoms with Gasteiger partial charge in [0, 0.05) is 25.2 Å². The van der Waals surface area contributed by atoms with E-state index in [0.29, 0.717) is 12.5 Å². The number of amides is 1. The van der Waals surface area contributed by atoms with Gasteiger partial charge in [0.25, 0.3) is 11.6 Å². The van der Waals surface area contributed by atoms with Gasteiger partial charge in [-0.25, -0.2) is 0 Å². The van der Waals surface area contributed by atoms with Crippen molar-refractivity contribution in [2.75, 3.05) is 19.0 Å². The van der Waals surface area contributed by atoms with Crippen LogP contribution in [0.4, 0.5) is 11.4 Å². The zero-order valence-corrected chi connectivity index (χ0v) is 11.9. The van der Waals surface area contributed by atoms with E-state index in [1.165, 1.54) is 18.2 Å². The molecule has 1 unspecified atom stereocenters. The summed E-state index contributed by atoms with van der Waals surface area (Å²) in [7, 11) is 1.69. The third-order valence-corrected chi connectivity index (χ3v) is 3.23. The number of nitro groups is 1. The smallest absolute Gasteiger partial charge is 0.294 e. The number of nitrogen functional groups attached to an aromatic ring is 1. The van der Waals surface area contributed by atoms with Crippen LogP contribution in [0.1, 0.15) is 30.6 Å². The summed E-state index contributed by atoms with van der Waals surface area (Å²) in [5.41, 5.74) is 2.49. The van der Waals surface area contributed by atoms with E-state index in [9.17, 15) is 14.9 Å². The maximum atomic E-state index is 12.2. The predicted octanol–water partition coefficient (Wildman–Crippen LogP) is 2.00. The third-order valence-electron chi connectivity index (χ3n) is 3.23. The maximum Gasteiger partial charge on any atom is 0.294 e. The van der Waals surface area contributed by atoms with E-state index in [-0.39, 0.29) is 22.8 Å². The molecule has 3 N–H and O–H groups in total. The van der Waals surface area contributed by atoms with E-state index >= 15 is 0 Å². The summed E-state index contributed by atoms with van der Waals surface area (Å²) in [5.74, 6) is 5.35. The van der Waals surface area contributed by atoms with Crippen LogP contribution >= 0.6 is 0 Å². The Hall–Kier alpha value is -2.15. The Balaban J connectivity index is 2.99. The molecular weight excluding hydrogens is 260 g/mol. The molecule has 7 heteroatoms. The molecule has 7 nitrogen and oxygen atoms in total. The minimum atomic E-state index is -0.569. The van der Waals surface area contributed by atoms with Crippen LogP contribution in [-0.2, 0) is 0 Å². The molecule has 0 aromatic heterocycles. The van der Waals surface area contributed by atoms with Gasteiger partial charge in [-0.05, 0) is 18.1 Å². The largest absolute Gasteiger partial charge is 0.341 e. The lowest BCUT2D eigenvalue weighted by Gasteiger charge is -2.20. The lowest BCUT2D eigenvalue weighted by Crippen LogP contribution is -2.31. The Morgan fingerprint density at radius 1 is 1.55 bits per heavy atom. The molecule has 0 saturated heterocycles. The lowest BCUT2D eigenvalue weighted by atomic mass is 10.1. The molecule has 0 fully saturated rings. The van der Waals surface area contributed by atoms with Gasteiger partial charge in [-0.15, -0.1) is 0 Å². The van der Waals surface area contributed by atoms with Gasteiger partial charge in [0.1, 0.15) is 5.69 Å². The Morgan fingerprint density at radius 3 is 2.70 bits per heavy atom. The van der Waals surface area contributed by atoms with Gasteiger partial charge in [0.15, 0.2) is 0 Å². The summed E-state index contributed by atoms with van der Waals surface area (Å²) in [6, 6.07) is 4.20. The topological polar surface area (TPSA) is 102 Å². The van der Waals surface area contributed by atoms with Crippen molar-refractivity contribution in [1.82, 2.24) is 4.90 Å². The highest BCUT2D eigenvalue weighted by Crippen LogP contribution is 2.25. The van der Waals surface area contributed by atoms with Crippen molar-refractivity contribution >= 4 is 17.3 Å². The van der Waals surface area contributed by atoms with E-state index < -0.39 is 4.92 Å². The number of rotatable bonds is 6. The Kier molecular flexibility index (Phi) is 5.45. The summed E-state index contributed by atoms with van der Waals surface area (Å²) >= 11 is 0. The van der Waals surface area contributed by atoms with Crippen molar-refractivity contribution in [3.05, 3.63) is 33.9 Å². The summed E-state index contributed by atoms with van der Waals surface area (Å²) in [6.45, 7) is 4.71. The van der Waals surface area contributed by atoms with Crippen molar-refractivity contribution in [1.29, 1.82) is 0 Å². The van der Waals surface area contributed by atoms with Crippen LogP contribution in [0, 0.1) is 16.0 Å². The number of carbonyl (C=O) groups is 1.